The summed E-state index contributed by atoms with van der Waals surface area (Å²) < 4.78 is 0. The predicted octanol–water partition coefficient (Wildman–Crippen LogP) is 1.74. The van der Waals surface area contributed by atoms with E-state index in [1.807, 2.05) is 42.3 Å². The Labute approximate surface area is 154 Å². The van der Waals surface area contributed by atoms with Gasteiger partial charge in [0.1, 0.15) is 5.69 Å². The zero-order chi connectivity index (χ0) is 18.5. The van der Waals surface area contributed by atoms with Crippen molar-refractivity contribution < 1.29 is 9.59 Å². The second kappa shape index (κ2) is 8.10. The van der Waals surface area contributed by atoms with E-state index in [1.165, 1.54) is 6.20 Å². The van der Waals surface area contributed by atoms with Crippen LogP contribution >= 0.6 is 0 Å². The number of benzene rings is 1. The number of carbonyl (C=O) groups is 2. The number of aromatic nitrogens is 1. The molecule has 0 atom stereocenters. The summed E-state index contributed by atoms with van der Waals surface area (Å²) in [5.74, 6) is -0.234. The van der Waals surface area contributed by atoms with Gasteiger partial charge >= 0.3 is 0 Å². The highest BCUT2D eigenvalue weighted by molar-refractivity contribution is 5.98. The summed E-state index contributed by atoms with van der Waals surface area (Å²) in [5.41, 5.74) is 1.86. The molecule has 6 heteroatoms. The van der Waals surface area contributed by atoms with Crippen LogP contribution in [-0.4, -0.2) is 71.8 Å². The maximum atomic E-state index is 12.7. The van der Waals surface area contributed by atoms with Gasteiger partial charge in [-0.15, -0.1) is 0 Å². The Morgan fingerprint density at radius 3 is 2.46 bits per heavy atom. The van der Waals surface area contributed by atoms with Gasteiger partial charge in [0.15, 0.2) is 0 Å². The molecular weight excluding hydrogens is 328 g/mol. The van der Waals surface area contributed by atoms with Crippen LogP contribution in [0.2, 0.25) is 0 Å². The van der Waals surface area contributed by atoms with Gasteiger partial charge in [0, 0.05) is 51.5 Å². The third kappa shape index (κ3) is 4.26. The maximum Gasteiger partial charge on any atom is 0.272 e. The molecule has 6 nitrogen and oxygen atoms in total. The lowest BCUT2D eigenvalue weighted by atomic mass is 10.1. The first kappa shape index (κ1) is 18.1. The topological polar surface area (TPSA) is 56.8 Å². The Hall–Kier alpha value is -2.73. The first-order valence-electron chi connectivity index (χ1n) is 8.78. The third-order valence-electron chi connectivity index (χ3n) is 4.63. The van der Waals surface area contributed by atoms with Crippen molar-refractivity contribution in [1.29, 1.82) is 0 Å². The van der Waals surface area contributed by atoms with Crippen LogP contribution in [0.1, 0.15) is 26.4 Å². The van der Waals surface area contributed by atoms with Gasteiger partial charge in [-0.2, -0.15) is 0 Å². The monoisotopic (exact) mass is 352 g/mol. The normalized spacial score (nSPS) is 14.9. The smallest absolute Gasteiger partial charge is 0.272 e. The quantitative estimate of drug-likeness (QED) is 0.841. The van der Waals surface area contributed by atoms with E-state index in [2.05, 4.69) is 9.88 Å². The van der Waals surface area contributed by atoms with E-state index >= 15 is 0 Å². The number of rotatable bonds is 4. The van der Waals surface area contributed by atoms with Crippen molar-refractivity contribution in [2.45, 2.75) is 6.54 Å². The van der Waals surface area contributed by atoms with E-state index in [0.717, 1.165) is 18.7 Å². The summed E-state index contributed by atoms with van der Waals surface area (Å²) in [5, 5.41) is 0. The van der Waals surface area contributed by atoms with Gasteiger partial charge in [0.2, 0.25) is 0 Å². The Morgan fingerprint density at radius 1 is 1.08 bits per heavy atom. The van der Waals surface area contributed by atoms with Crippen LogP contribution in [-0.2, 0) is 6.54 Å². The first-order chi connectivity index (χ1) is 12.5. The first-order valence-corrected chi connectivity index (χ1v) is 8.78. The van der Waals surface area contributed by atoms with Crippen LogP contribution in [0.3, 0.4) is 0 Å². The second-order valence-electron chi connectivity index (χ2n) is 6.67. The van der Waals surface area contributed by atoms with E-state index in [4.69, 9.17) is 0 Å². The van der Waals surface area contributed by atoms with Gasteiger partial charge in [-0.05, 0) is 24.7 Å². The van der Waals surface area contributed by atoms with Crippen LogP contribution in [0.15, 0.2) is 48.7 Å². The van der Waals surface area contributed by atoms with E-state index < -0.39 is 0 Å². The van der Waals surface area contributed by atoms with Crippen molar-refractivity contribution in [1.82, 2.24) is 19.7 Å². The van der Waals surface area contributed by atoms with Crippen molar-refractivity contribution in [3.05, 3.63) is 65.5 Å². The number of pyridine rings is 1. The zero-order valence-electron chi connectivity index (χ0n) is 15.3. The van der Waals surface area contributed by atoms with E-state index in [0.29, 0.717) is 30.9 Å². The van der Waals surface area contributed by atoms with Gasteiger partial charge in [0.25, 0.3) is 11.8 Å². The van der Waals surface area contributed by atoms with Gasteiger partial charge in [0.05, 0.1) is 0 Å². The summed E-state index contributed by atoms with van der Waals surface area (Å²) >= 11 is 0. The van der Waals surface area contributed by atoms with Crippen LogP contribution in [0.4, 0.5) is 0 Å². The molecule has 0 N–H and O–H groups in total. The number of carbonyl (C=O) groups excluding carboxylic acids is 2. The summed E-state index contributed by atoms with van der Waals surface area (Å²) in [7, 11) is 3.79. The lowest BCUT2D eigenvalue weighted by molar-refractivity contribution is 0.0664. The van der Waals surface area contributed by atoms with Crippen molar-refractivity contribution >= 4 is 11.8 Å². The standard InChI is InChI=1S/C20H24N4O2/c1-22-10-12-24(13-11-22)19(25)17-8-9-21-18(14-17)20(26)23(2)15-16-6-4-3-5-7-16/h3-9,14H,10-13,15H2,1-2H3. The molecule has 0 radical (unpaired) electrons. The van der Waals surface area contributed by atoms with Gasteiger partial charge in [-0.3, -0.25) is 14.6 Å². The zero-order valence-corrected chi connectivity index (χ0v) is 15.3. The predicted molar refractivity (Wildman–Crippen MR) is 99.9 cm³/mol. The lowest BCUT2D eigenvalue weighted by Crippen LogP contribution is -2.47. The molecule has 0 bridgehead atoms. The van der Waals surface area contributed by atoms with Gasteiger partial charge in [-0.25, -0.2) is 0 Å². The van der Waals surface area contributed by atoms with Crippen molar-refractivity contribution in [2.24, 2.45) is 0 Å². The largest absolute Gasteiger partial charge is 0.336 e. The molecule has 1 aliphatic heterocycles. The fraction of sp³-hybridized carbons (Fsp3) is 0.350. The molecule has 0 unspecified atom stereocenters. The molecule has 0 saturated carbocycles. The molecule has 136 valence electrons. The van der Waals surface area contributed by atoms with E-state index in [1.54, 1.807) is 24.1 Å². The average molecular weight is 352 g/mol. The molecule has 1 saturated heterocycles. The summed E-state index contributed by atoms with van der Waals surface area (Å²) in [4.78, 5) is 35.2. The molecule has 1 aliphatic rings. The van der Waals surface area contributed by atoms with Crippen molar-refractivity contribution in [3.63, 3.8) is 0 Å². The number of nitrogens with zero attached hydrogens (tertiary/aromatic N) is 4. The molecule has 26 heavy (non-hydrogen) atoms. The minimum atomic E-state index is -0.193. The van der Waals surface area contributed by atoms with Crippen molar-refractivity contribution in [3.8, 4) is 0 Å². The van der Waals surface area contributed by atoms with Crippen LogP contribution in [0.25, 0.3) is 0 Å². The Morgan fingerprint density at radius 2 is 1.77 bits per heavy atom. The molecule has 0 aliphatic carbocycles. The fourth-order valence-corrected chi connectivity index (χ4v) is 3.00. The average Bonchev–Trinajstić information content (AvgIpc) is 2.68. The number of amides is 2. The SMILES string of the molecule is CN1CCN(C(=O)c2ccnc(C(=O)N(C)Cc3ccccc3)c2)CC1. The number of hydrogen-bond donors (Lipinski definition) is 0. The second-order valence-corrected chi connectivity index (χ2v) is 6.67. The summed E-state index contributed by atoms with van der Waals surface area (Å²) in [6.07, 6.45) is 1.53. The molecule has 3 rings (SSSR count). The highest BCUT2D eigenvalue weighted by atomic mass is 16.2. The molecule has 2 aromatic rings. The molecule has 1 fully saturated rings. The lowest BCUT2D eigenvalue weighted by Gasteiger charge is -2.32. The summed E-state index contributed by atoms with van der Waals surface area (Å²) in [6, 6.07) is 13.1. The van der Waals surface area contributed by atoms with E-state index in [9.17, 15) is 9.59 Å². The third-order valence-corrected chi connectivity index (χ3v) is 4.63. The highest BCUT2D eigenvalue weighted by Crippen LogP contribution is 2.12. The van der Waals surface area contributed by atoms with Crippen LogP contribution in [0, 0.1) is 0 Å². The minimum absolute atomic E-state index is 0.0414. The highest BCUT2D eigenvalue weighted by Gasteiger charge is 2.22. The van der Waals surface area contributed by atoms with Crippen molar-refractivity contribution in [2.75, 3.05) is 40.3 Å². The van der Waals surface area contributed by atoms with E-state index in [-0.39, 0.29) is 11.8 Å². The Bertz CT molecular complexity index is 770. The maximum absolute atomic E-state index is 12.7. The molecular formula is C20H24N4O2. The fourth-order valence-electron chi connectivity index (χ4n) is 3.00. The number of likely N-dealkylation sites (N-methyl/N-ethyl adjacent to an activating group) is 1. The molecule has 2 amide bonds. The Balaban J connectivity index is 1.70. The van der Waals surface area contributed by atoms with Gasteiger partial charge < -0.3 is 14.7 Å². The molecule has 0 spiro atoms. The number of piperazine rings is 1. The molecule has 1 aromatic heterocycles. The Kier molecular flexibility index (Phi) is 5.63. The molecule has 2 heterocycles. The summed E-state index contributed by atoms with van der Waals surface area (Å²) in [6.45, 7) is 3.63. The van der Waals surface area contributed by atoms with Crippen LogP contribution < -0.4 is 0 Å². The van der Waals surface area contributed by atoms with Crippen LogP contribution in [0.5, 0.6) is 0 Å². The minimum Gasteiger partial charge on any atom is -0.336 e. The number of hydrogen-bond acceptors (Lipinski definition) is 4. The molecule has 1 aromatic carbocycles. The van der Waals surface area contributed by atoms with Gasteiger partial charge in [-0.1, -0.05) is 30.3 Å².